The van der Waals surface area contributed by atoms with Gasteiger partial charge >= 0.3 is 0 Å². The van der Waals surface area contributed by atoms with Gasteiger partial charge in [-0.2, -0.15) is 0 Å². The molecule has 4 bridgehead atoms. The Hall–Kier alpha value is -6.63. The molecule has 4 saturated carbocycles. The average molecular weight is 804 g/mol. The second-order valence-corrected chi connectivity index (χ2v) is 19.3. The number of benzene rings is 7. The van der Waals surface area contributed by atoms with Crippen molar-refractivity contribution in [2.24, 2.45) is 17.8 Å². The van der Waals surface area contributed by atoms with Crippen LogP contribution in [0, 0.1) is 17.8 Å². The van der Waals surface area contributed by atoms with Gasteiger partial charge in [0.05, 0.1) is 22.1 Å². The van der Waals surface area contributed by atoms with Gasteiger partial charge in [-0.05, 0) is 111 Å². The maximum atomic E-state index is 5.44. The van der Waals surface area contributed by atoms with Crippen LogP contribution in [-0.2, 0) is 5.41 Å². The summed E-state index contributed by atoms with van der Waals surface area (Å²) >= 11 is 1.91. The van der Waals surface area contributed by atoms with Crippen LogP contribution in [0.1, 0.15) is 44.3 Å². The standard InChI is InChI=1S/C55H41N5S/c1-3-13-36(14-4-1)52-56-53(58-54(57-52)55-30-33-27-34(31-55)29-35(28-33)32-55)37-23-25-39(26-24-37)60-44-21-11-8-18-41(44)47-49(60)46-40-17-7-10-20-43(40)59(38-15-5-2-6-16-38)50(46)48-42-19-9-12-22-45(42)61-51(47)48/h1-26,33-35H,27-32H2. The van der Waals surface area contributed by atoms with E-state index in [0.717, 1.165) is 57.7 Å². The van der Waals surface area contributed by atoms with Gasteiger partial charge in [0, 0.05) is 69.6 Å². The summed E-state index contributed by atoms with van der Waals surface area (Å²) in [5.41, 5.74) is 9.30. The summed E-state index contributed by atoms with van der Waals surface area (Å²) < 4.78 is 7.65. The molecule has 4 aliphatic rings. The lowest BCUT2D eigenvalue weighted by molar-refractivity contribution is -0.00938. The van der Waals surface area contributed by atoms with E-state index in [0.29, 0.717) is 0 Å². The first-order chi connectivity index (χ1) is 30.2. The number of thiophene rings is 1. The molecule has 292 valence electrons. The molecule has 4 aliphatic carbocycles. The highest BCUT2D eigenvalue weighted by molar-refractivity contribution is 7.27. The second kappa shape index (κ2) is 12.7. The zero-order valence-electron chi connectivity index (χ0n) is 33.6. The molecule has 0 unspecified atom stereocenters. The van der Waals surface area contributed by atoms with E-state index in [-0.39, 0.29) is 5.41 Å². The van der Waals surface area contributed by atoms with Gasteiger partial charge in [0.2, 0.25) is 0 Å². The van der Waals surface area contributed by atoms with Crippen molar-refractivity contribution in [3.8, 4) is 34.2 Å². The van der Waals surface area contributed by atoms with Crippen molar-refractivity contribution in [2.75, 3.05) is 0 Å². The maximum Gasteiger partial charge on any atom is 0.163 e. The lowest BCUT2D eigenvalue weighted by Crippen LogP contribution is -2.49. The van der Waals surface area contributed by atoms with Crippen molar-refractivity contribution in [3.05, 3.63) is 164 Å². The summed E-state index contributed by atoms with van der Waals surface area (Å²) in [4.78, 5) is 16.0. The van der Waals surface area contributed by atoms with Crippen LogP contribution in [0.15, 0.2) is 158 Å². The zero-order chi connectivity index (χ0) is 39.8. The third-order valence-electron chi connectivity index (χ3n) is 14.6. The van der Waals surface area contributed by atoms with Crippen LogP contribution in [0.5, 0.6) is 0 Å². The van der Waals surface area contributed by atoms with E-state index in [2.05, 4.69) is 167 Å². The largest absolute Gasteiger partial charge is 0.308 e. The Balaban J connectivity index is 1.03. The van der Waals surface area contributed by atoms with Gasteiger partial charge in [0.25, 0.3) is 0 Å². The van der Waals surface area contributed by atoms with Crippen LogP contribution >= 0.6 is 11.3 Å². The van der Waals surface area contributed by atoms with Gasteiger partial charge in [-0.1, -0.05) is 103 Å². The maximum absolute atomic E-state index is 5.44. The molecule has 0 amide bonds. The predicted octanol–water partition coefficient (Wildman–Crippen LogP) is 14.2. The summed E-state index contributed by atoms with van der Waals surface area (Å²) in [5, 5.41) is 7.72. The minimum absolute atomic E-state index is 0.0567. The fraction of sp³-hybridized carbons (Fsp3) is 0.182. The molecule has 4 heterocycles. The van der Waals surface area contributed by atoms with Crippen LogP contribution in [0.2, 0.25) is 0 Å². The molecule has 5 nitrogen and oxygen atoms in total. The number of nitrogens with zero attached hydrogens (tertiary/aromatic N) is 5. The molecule has 0 N–H and O–H groups in total. The number of hydrogen-bond acceptors (Lipinski definition) is 4. The second-order valence-electron chi connectivity index (χ2n) is 18.2. The van der Waals surface area contributed by atoms with E-state index in [4.69, 9.17) is 15.0 Å². The monoisotopic (exact) mass is 803 g/mol. The topological polar surface area (TPSA) is 48.5 Å². The fourth-order valence-electron chi connectivity index (χ4n) is 12.6. The molecular formula is C55H41N5S. The number of para-hydroxylation sites is 3. The summed E-state index contributed by atoms with van der Waals surface area (Å²) in [6.45, 7) is 0. The molecule has 61 heavy (non-hydrogen) atoms. The lowest BCUT2D eigenvalue weighted by atomic mass is 9.49. The van der Waals surface area contributed by atoms with Crippen molar-refractivity contribution < 1.29 is 0 Å². The minimum atomic E-state index is 0.0567. The summed E-state index contributed by atoms with van der Waals surface area (Å²) in [6.07, 6.45) is 7.81. The van der Waals surface area contributed by atoms with Crippen molar-refractivity contribution in [2.45, 2.75) is 43.9 Å². The van der Waals surface area contributed by atoms with Crippen LogP contribution in [0.25, 0.3) is 97.9 Å². The molecule has 11 aromatic rings. The van der Waals surface area contributed by atoms with Crippen LogP contribution in [0.3, 0.4) is 0 Å². The molecule has 0 radical (unpaired) electrons. The summed E-state index contributed by atoms with van der Waals surface area (Å²) in [5.74, 6) is 4.99. The zero-order valence-corrected chi connectivity index (χ0v) is 34.4. The first kappa shape index (κ1) is 34.1. The third-order valence-corrected chi connectivity index (χ3v) is 15.8. The van der Waals surface area contributed by atoms with Crippen molar-refractivity contribution in [3.63, 3.8) is 0 Å². The first-order valence-corrected chi connectivity index (χ1v) is 22.8. The lowest BCUT2D eigenvalue weighted by Gasteiger charge is -2.56. The molecule has 0 spiro atoms. The van der Waals surface area contributed by atoms with E-state index in [1.807, 2.05) is 11.3 Å². The third kappa shape index (κ3) is 4.91. The molecule has 4 aromatic heterocycles. The smallest absolute Gasteiger partial charge is 0.163 e. The first-order valence-electron chi connectivity index (χ1n) is 22.0. The van der Waals surface area contributed by atoms with Crippen molar-refractivity contribution >= 4 is 75.1 Å². The number of aromatic nitrogens is 5. The van der Waals surface area contributed by atoms with Gasteiger partial charge in [-0.3, -0.25) is 0 Å². The Labute approximate surface area is 357 Å². The highest BCUT2D eigenvalue weighted by Gasteiger charge is 2.53. The van der Waals surface area contributed by atoms with Crippen molar-refractivity contribution in [1.82, 2.24) is 24.1 Å². The van der Waals surface area contributed by atoms with E-state index >= 15 is 0 Å². The van der Waals surface area contributed by atoms with E-state index in [1.165, 1.54) is 102 Å². The molecule has 0 atom stereocenters. The van der Waals surface area contributed by atoms with Crippen LogP contribution in [0.4, 0.5) is 0 Å². The Morgan fingerprint density at radius 3 is 1.54 bits per heavy atom. The number of fused-ring (bicyclic) bond motifs is 12. The van der Waals surface area contributed by atoms with Crippen LogP contribution < -0.4 is 0 Å². The van der Waals surface area contributed by atoms with E-state index < -0.39 is 0 Å². The van der Waals surface area contributed by atoms with Crippen LogP contribution in [-0.4, -0.2) is 24.1 Å². The highest BCUT2D eigenvalue weighted by atomic mass is 32.1. The highest BCUT2D eigenvalue weighted by Crippen LogP contribution is 2.60. The molecule has 15 rings (SSSR count). The van der Waals surface area contributed by atoms with E-state index in [1.54, 1.807) is 0 Å². The van der Waals surface area contributed by atoms with Gasteiger partial charge in [0.1, 0.15) is 5.82 Å². The van der Waals surface area contributed by atoms with Gasteiger partial charge < -0.3 is 9.13 Å². The van der Waals surface area contributed by atoms with Gasteiger partial charge in [-0.25, -0.2) is 15.0 Å². The SMILES string of the molecule is c1ccc(-c2nc(-c3ccc(-n4c5ccccc5c5c6sc7ccccc7c6c6c(c7ccccc7n6-c6ccccc6)c54)cc3)nc(C34CC5CC(CC(C5)C3)C4)n2)cc1. The van der Waals surface area contributed by atoms with E-state index in [9.17, 15) is 0 Å². The summed E-state index contributed by atoms with van der Waals surface area (Å²) in [7, 11) is 0. The average Bonchev–Trinajstić information content (AvgIpc) is 3.97. The minimum Gasteiger partial charge on any atom is -0.308 e. The molecule has 4 fully saturated rings. The predicted molar refractivity (Wildman–Crippen MR) is 252 cm³/mol. The van der Waals surface area contributed by atoms with Crippen molar-refractivity contribution in [1.29, 1.82) is 0 Å². The Morgan fingerprint density at radius 1 is 0.443 bits per heavy atom. The molecule has 0 aliphatic heterocycles. The van der Waals surface area contributed by atoms with Gasteiger partial charge in [-0.15, -0.1) is 11.3 Å². The Kier molecular flexibility index (Phi) is 7.10. The molecule has 0 saturated heterocycles. The Bertz CT molecular complexity index is 3520. The molecular weight excluding hydrogens is 763 g/mol. The normalized spacial score (nSPS) is 21.0. The quantitative estimate of drug-likeness (QED) is 0.174. The number of rotatable bonds is 5. The molecule has 7 aromatic carbocycles. The Morgan fingerprint density at radius 2 is 0.918 bits per heavy atom. The number of hydrogen-bond donors (Lipinski definition) is 0. The van der Waals surface area contributed by atoms with Gasteiger partial charge in [0.15, 0.2) is 11.6 Å². The fourth-order valence-corrected chi connectivity index (χ4v) is 13.9. The summed E-state index contributed by atoms with van der Waals surface area (Å²) in [6, 6.07) is 57.4. The molecule has 6 heteroatoms.